The first-order valence-corrected chi connectivity index (χ1v) is 10.4. The minimum atomic E-state index is 0.137. The molecule has 0 radical (unpaired) electrons. The van der Waals surface area contributed by atoms with Crippen LogP contribution in [0.15, 0.2) is 61.1 Å². The molecule has 3 aromatic heterocycles. The van der Waals surface area contributed by atoms with E-state index in [9.17, 15) is 4.79 Å². The Morgan fingerprint density at radius 1 is 1.23 bits per heavy atom. The van der Waals surface area contributed by atoms with Gasteiger partial charge in [-0.15, -0.1) is 0 Å². The average Bonchev–Trinajstić information content (AvgIpc) is 3.48. The highest BCUT2D eigenvalue weighted by Gasteiger charge is 2.33. The van der Waals surface area contributed by atoms with Gasteiger partial charge in [0.2, 0.25) is 0 Å². The van der Waals surface area contributed by atoms with Crippen molar-refractivity contribution in [1.29, 1.82) is 0 Å². The fourth-order valence-electron chi connectivity index (χ4n) is 4.56. The van der Waals surface area contributed by atoms with Crippen molar-refractivity contribution in [3.8, 4) is 11.3 Å². The number of hydrogen-bond acceptors (Lipinski definition) is 3. The standard InChI is InChI=1S/C24H25N5O/c1-16-4-3-5-19(10-16)24(30)29-15-18(11-17(29)2)14-28-9-8-22-23(28)7-6-21(27-22)20-12-25-26-13-20/h3-10,12-13,17-18H,11,14-15H2,1-2H3,(H,25,26)/t17-,18-/m0/s1. The number of pyridine rings is 1. The number of carbonyl (C=O) groups excluding carboxylic acids is 1. The summed E-state index contributed by atoms with van der Waals surface area (Å²) >= 11 is 0. The van der Waals surface area contributed by atoms with Gasteiger partial charge in [0.15, 0.2) is 0 Å². The van der Waals surface area contributed by atoms with Crippen molar-refractivity contribution in [2.45, 2.75) is 32.9 Å². The Hall–Kier alpha value is -3.41. The van der Waals surface area contributed by atoms with Crippen molar-refractivity contribution >= 4 is 16.9 Å². The van der Waals surface area contributed by atoms with Crippen LogP contribution in [0.2, 0.25) is 0 Å². The van der Waals surface area contributed by atoms with Gasteiger partial charge in [0.05, 0.1) is 22.9 Å². The summed E-state index contributed by atoms with van der Waals surface area (Å²) in [6.07, 6.45) is 6.75. The van der Waals surface area contributed by atoms with Gasteiger partial charge in [-0.2, -0.15) is 5.10 Å². The van der Waals surface area contributed by atoms with Gasteiger partial charge in [0.1, 0.15) is 0 Å². The summed E-state index contributed by atoms with van der Waals surface area (Å²) in [7, 11) is 0. The van der Waals surface area contributed by atoms with Crippen LogP contribution in [0.5, 0.6) is 0 Å². The Kier molecular flexibility index (Phi) is 4.62. The number of aromatic nitrogens is 4. The van der Waals surface area contributed by atoms with E-state index in [-0.39, 0.29) is 11.9 Å². The third-order valence-corrected chi connectivity index (χ3v) is 6.06. The predicted octanol–water partition coefficient (Wildman–Crippen LogP) is 4.29. The molecule has 6 nitrogen and oxygen atoms in total. The second-order valence-corrected chi connectivity index (χ2v) is 8.33. The number of nitrogens with one attached hydrogen (secondary N) is 1. The minimum Gasteiger partial charge on any atom is -0.346 e. The SMILES string of the molecule is Cc1cccc(C(=O)N2C[C@H](Cn3ccc4nc(-c5cn[nH]c5)ccc43)C[C@@H]2C)c1. The number of benzene rings is 1. The van der Waals surface area contributed by atoms with Crippen LogP contribution in [-0.4, -0.2) is 43.1 Å². The lowest BCUT2D eigenvalue weighted by Gasteiger charge is -2.22. The maximum atomic E-state index is 13.0. The van der Waals surface area contributed by atoms with Crippen LogP contribution in [0, 0.1) is 12.8 Å². The molecule has 0 bridgehead atoms. The number of likely N-dealkylation sites (tertiary alicyclic amines) is 1. The molecule has 1 saturated heterocycles. The van der Waals surface area contributed by atoms with Crippen LogP contribution in [0.4, 0.5) is 0 Å². The Morgan fingerprint density at radius 3 is 2.93 bits per heavy atom. The molecule has 0 saturated carbocycles. The van der Waals surface area contributed by atoms with Gasteiger partial charge < -0.3 is 9.47 Å². The number of amides is 1. The molecule has 1 aliphatic rings. The third-order valence-electron chi connectivity index (χ3n) is 6.06. The number of carbonyl (C=O) groups is 1. The first-order valence-electron chi connectivity index (χ1n) is 10.4. The molecule has 1 amide bonds. The number of aryl methyl sites for hydroxylation is 1. The highest BCUT2D eigenvalue weighted by atomic mass is 16.2. The molecule has 0 spiro atoms. The van der Waals surface area contributed by atoms with E-state index in [0.717, 1.165) is 52.9 Å². The Balaban J connectivity index is 1.33. The number of nitrogens with zero attached hydrogens (tertiary/aromatic N) is 4. The van der Waals surface area contributed by atoms with Gasteiger partial charge in [-0.05, 0) is 56.5 Å². The topological polar surface area (TPSA) is 66.8 Å². The van der Waals surface area contributed by atoms with Crippen LogP contribution in [0.3, 0.4) is 0 Å². The quantitative estimate of drug-likeness (QED) is 0.557. The predicted molar refractivity (Wildman–Crippen MR) is 117 cm³/mol. The van der Waals surface area contributed by atoms with Crippen LogP contribution >= 0.6 is 0 Å². The van der Waals surface area contributed by atoms with Crippen molar-refractivity contribution in [1.82, 2.24) is 24.6 Å². The first-order chi connectivity index (χ1) is 14.6. The molecule has 5 rings (SSSR count). The number of fused-ring (bicyclic) bond motifs is 1. The second-order valence-electron chi connectivity index (χ2n) is 8.33. The summed E-state index contributed by atoms with van der Waals surface area (Å²) in [6.45, 7) is 5.85. The smallest absolute Gasteiger partial charge is 0.254 e. The number of H-pyrrole nitrogens is 1. The molecule has 0 aliphatic carbocycles. The van der Waals surface area contributed by atoms with Crippen LogP contribution in [0.1, 0.15) is 29.3 Å². The largest absolute Gasteiger partial charge is 0.346 e. The molecule has 1 aromatic carbocycles. The molecule has 4 aromatic rings. The Bertz CT molecular complexity index is 1190. The van der Waals surface area contributed by atoms with Gasteiger partial charge in [-0.3, -0.25) is 9.89 Å². The van der Waals surface area contributed by atoms with E-state index in [1.807, 2.05) is 48.4 Å². The summed E-state index contributed by atoms with van der Waals surface area (Å²) < 4.78 is 2.26. The molecule has 4 heterocycles. The molecule has 1 fully saturated rings. The van der Waals surface area contributed by atoms with Gasteiger partial charge in [-0.25, -0.2) is 4.98 Å². The monoisotopic (exact) mass is 399 g/mol. The third kappa shape index (κ3) is 3.38. The first kappa shape index (κ1) is 18.6. The number of aromatic amines is 1. The maximum Gasteiger partial charge on any atom is 0.254 e. The van der Waals surface area contributed by atoms with Crippen molar-refractivity contribution < 1.29 is 4.79 Å². The van der Waals surface area contributed by atoms with Crippen LogP contribution in [-0.2, 0) is 6.54 Å². The molecule has 30 heavy (non-hydrogen) atoms. The van der Waals surface area contributed by atoms with E-state index in [2.05, 4.69) is 40.0 Å². The van der Waals surface area contributed by atoms with Crippen molar-refractivity contribution in [3.63, 3.8) is 0 Å². The summed E-state index contributed by atoms with van der Waals surface area (Å²) in [5, 5.41) is 6.84. The van der Waals surface area contributed by atoms with Crippen molar-refractivity contribution in [2.75, 3.05) is 6.54 Å². The molecule has 152 valence electrons. The fourth-order valence-corrected chi connectivity index (χ4v) is 4.56. The zero-order chi connectivity index (χ0) is 20.7. The zero-order valence-electron chi connectivity index (χ0n) is 17.2. The Labute approximate surface area is 175 Å². The van der Waals surface area contributed by atoms with E-state index in [1.165, 1.54) is 0 Å². The summed E-state index contributed by atoms with van der Waals surface area (Å²) in [5.74, 6) is 0.565. The van der Waals surface area contributed by atoms with E-state index in [4.69, 9.17) is 4.98 Å². The molecule has 0 unspecified atom stereocenters. The summed E-state index contributed by atoms with van der Waals surface area (Å²) in [4.78, 5) is 19.8. The van der Waals surface area contributed by atoms with Crippen molar-refractivity contribution in [2.24, 2.45) is 5.92 Å². The lowest BCUT2D eigenvalue weighted by atomic mass is 10.1. The van der Waals surface area contributed by atoms with E-state index in [1.54, 1.807) is 6.20 Å². The molecular weight excluding hydrogens is 374 g/mol. The van der Waals surface area contributed by atoms with Gasteiger partial charge in [0, 0.05) is 42.7 Å². The van der Waals surface area contributed by atoms with Crippen molar-refractivity contribution in [3.05, 3.63) is 72.2 Å². The van der Waals surface area contributed by atoms with Gasteiger partial charge in [-0.1, -0.05) is 17.7 Å². The van der Waals surface area contributed by atoms with E-state index in [0.29, 0.717) is 5.92 Å². The maximum absolute atomic E-state index is 13.0. The normalized spacial score (nSPS) is 18.9. The molecule has 6 heteroatoms. The fraction of sp³-hybridized carbons (Fsp3) is 0.292. The highest BCUT2D eigenvalue weighted by molar-refractivity contribution is 5.94. The second kappa shape index (κ2) is 7.44. The van der Waals surface area contributed by atoms with Crippen LogP contribution in [0.25, 0.3) is 22.3 Å². The summed E-state index contributed by atoms with van der Waals surface area (Å²) in [6, 6.07) is 14.3. The van der Waals surface area contributed by atoms with E-state index < -0.39 is 0 Å². The average molecular weight is 399 g/mol. The van der Waals surface area contributed by atoms with Gasteiger partial charge >= 0.3 is 0 Å². The van der Waals surface area contributed by atoms with E-state index >= 15 is 0 Å². The molecule has 2 atom stereocenters. The lowest BCUT2D eigenvalue weighted by molar-refractivity contribution is 0.0742. The zero-order valence-corrected chi connectivity index (χ0v) is 17.2. The number of hydrogen-bond donors (Lipinski definition) is 1. The highest BCUT2D eigenvalue weighted by Crippen LogP contribution is 2.28. The molecule has 1 aliphatic heterocycles. The summed E-state index contributed by atoms with van der Waals surface area (Å²) in [5.41, 5.74) is 5.90. The molecular formula is C24H25N5O. The van der Waals surface area contributed by atoms with Gasteiger partial charge in [0.25, 0.3) is 5.91 Å². The number of rotatable bonds is 4. The van der Waals surface area contributed by atoms with Crippen LogP contribution < -0.4 is 0 Å². The Morgan fingerprint density at radius 2 is 2.13 bits per heavy atom. The molecule has 1 N–H and O–H groups in total. The lowest BCUT2D eigenvalue weighted by Crippen LogP contribution is -2.34. The minimum absolute atomic E-state index is 0.137.